The Hall–Kier alpha value is -4.05. The van der Waals surface area contributed by atoms with Crippen molar-refractivity contribution in [3.8, 4) is 0 Å². The van der Waals surface area contributed by atoms with E-state index in [1.807, 2.05) is 24.4 Å². The van der Waals surface area contributed by atoms with Crippen LogP contribution in [0.5, 0.6) is 0 Å². The van der Waals surface area contributed by atoms with Gasteiger partial charge < -0.3 is 5.11 Å². The maximum atomic E-state index is 11.1. The maximum Gasteiger partial charge on any atom is 0.0975 e. The standard InChI is InChI=1S/C34H30N2O/c37-33-20-21-36(25-28(33)23-26-22-27-12-10-11-19-32(27)35-24-26)34(29-13-4-1-5-14-29,30-15-6-2-7-16-30)31-17-8-3-9-18-31/h1-19,22-24,33,37H,20-21,25H2. The summed E-state index contributed by atoms with van der Waals surface area (Å²) in [4.78, 5) is 7.17. The third-order valence-electron chi connectivity index (χ3n) is 7.49. The summed E-state index contributed by atoms with van der Waals surface area (Å²) in [5.41, 5.74) is 6.16. The number of hydrogen-bond acceptors (Lipinski definition) is 3. The Kier molecular flexibility index (Phi) is 6.40. The van der Waals surface area contributed by atoms with Gasteiger partial charge in [0.15, 0.2) is 0 Å². The van der Waals surface area contributed by atoms with Crippen LogP contribution < -0.4 is 0 Å². The second-order valence-electron chi connectivity index (χ2n) is 9.72. The molecule has 0 aliphatic carbocycles. The highest BCUT2D eigenvalue weighted by Gasteiger charge is 2.44. The van der Waals surface area contributed by atoms with Crippen molar-refractivity contribution < 1.29 is 5.11 Å². The van der Waals surface area contributed by atoms with Crippen molar-refractivity contribution in [3.63, 3.8) is 0 Å². The number of aromatic nitrogens is 1. The van der Waals surface area contributed by atoms with Crippen molar-refractivity contribution in [1.29, 1.82) is 0 Å². The van der Waals surface area contributed by atoms with Crippen LogP contribution in [0.25, 0.3) is 17.0 Å². The average molecular weight is 483 g/mol. The Labute approximate surface area is 218 Å². The largest absolute Gasteiger partial charge is 0.389 e. The number of piperidine rings is 1. The molecule has 37 heavy (non-hydrogen) atoms. The van der Waals surface area contributed by atoms with Gasteiger partial charge >= 0.3 is 0 Å². The molecule has 1 aliphatic heterocycles. The van der Waals surface area contributed by atoms with E-state index < -0.39 is 11.6 Å². The molecule has 1 saturated heterocycles. The molecule has 1 fully saturated rings. The normalized spacial score (nSPS) is 17.8. The van der Waals surface area contributed by atoms with Gasteiger partial charge in [-0.1, -0.05) is 115 Å². The van der Waals surface area contributed by atoms with Crippen LogP contribution in [0.15, 0.2) is 133 Å². The van der Waals surface area contributed by atoms with Gasteiger partial charge in [-0.25, -0.2) is 0 Å². The molecule has 1 aliphatic rings. The van der Waals surface area contributed by atoms with E-state index in [2.05, 4.69) is 119 Å². The van der Waals surface area contributed by atoms with Crippen LogP contribution >= 0.6 is 0 Å². The van der Waals surface area contributed by atoms with E-state index >= 15 is 0 Å². The fraction of sp³-hybridized carbons (Fsp3) is 0.147. The van der Waals surface area contributed by atoms with Crippen LogP contribution in [0.3, 0.4) is 0 Å². The van der Waals surface area contributed by atoms with Crippen LogP contribution in [0, 0.1) is 0 Å². The molecule has 1 N–H and O–H groups in total. The first-order valence-electron chi connectivity index (χ1n) is 12.9. The van der Waals surface area contributed by atoms with Crippen molar-refractivity contribution in [2.45, 2.75) is 18.1 Å². The van der Waals surface area contributed by atoms with E-state index in [0.29, 0.717) is 13.0 Å². The number of hydrogen-bond donors (Lipinski definition) is 1. The smallest absolute Gasteiger partial charge is 0.0975 e. The van der Waals surface area contributed by atoms with E-state index in [0.717, 1.165) is 28.6 Å². The van der Waals surface area contributed by atoms with Crippen molar-refractivity contribution in [2.75, 3.05) is 13.1 Å². The van der Waals surface area contributed by atoms with E-state index in [1.54, 1.807) is 0 Å². The van der Waals surface area contributed by atoms with Crippen molar-refractivity contribution in [1.82, 2.24) is 9.88 Å². The lowest BCUT2D eigenvalue weighted by Gasteiger charge is -2.48. The Morgan fingerprint density at radius 1 is 0.730 bits per heavy atom. The second kappa shape index (κ2) is 10.1. The maximum absolute atomic E-state index is 11.1. The summed E-state index contributed by atoms with van der Waals surface area (Å²) in [5.74, 6) is 0. The first-order valence-corrected chi connectivity index (χ1v) is 12.9. The minimum absolute atomic E-state index is 0.484. The topological polar surface area (TPSA) is 36.4 Å². The number of rotatable bonds is 5. The lowest BCUT2D eigenvalue weighted by molar-refractivity contribution is 0.0872. The number of benzene rings is 4. The summed E-state index contributed by atoms with van der Waals surface area (Å²) >= 11 is 0. The number of fused-ring (bicyclic) bond motifs is 1. The van der Waals surface area contributed by atoms with Gasteiger partial charge in [-0.15, -0.1) is 0 Å². The van der Waals surface area contributed by atoms with Gasteiger partial charge in [0.05, 0.1) is 17.2 Å². The summed E-state index contributed by atoms with van der Waals surface area (Å²) < 4.78 is 0. The molecule has 4 aromatic carbocycles. The molecule has 1 atom stereocenters. The molecule has 1 unspecified atom stereocenters. The zero-order valence-electron chi connectivity index (χ0n) is 20.7. The summed E-state index contributed by atoms with van der Waals surface area (Å²) in [6.45, 7) is 1.42. The molecule has 1 aromatic heterocycles. The minimum Gasteiger partial charge on any atom is -0.389 e. The van der Waals surface area contributed by atoms with Gasteiger partial charge in [-0.3, -0.25) is 9.88 Å². The number of pyridine rings is 1. The lowest BCUT2D eigenvalue weighted by atomic mass is 9.74. The Morgan fingerprint density at radius 2 is 1.27 bits per heavy atom. The van der Waals surface area contributed by atoms with Crippen LogP contribution in [0.2, 0.25) is 0 Å². The van der Waals surface area contributed by atoms with Crippen molar-refractivity contribution in [3.05, 3.63) is 155 Å². The number of aliphatic hydroxyl groups excluding tert-OH is 1. The van der Waals surface area contributed by atoms with Gasteiger partial charge in [-0.2, -0.15) is 0 Å². The van der Waals surface area contributed by atoms with E-state index in [-0.39, 0.29) is 0 Å². The highest BCUT2D eigenvalue weighted by atomic mass is 16.3. The van der Waals surface area contributed by atoms with Crippen molar-refractivity contribution in [2.24, 2.45) is 0 Å². The zero-order chi connectivity index (χ0) is 25.1. The lowest BCUT2D eigenvalue weighted by Crippen LogP contribution is -2.52. The van der Waals surface area contributed by atoms with Crippen LogP contribution in [-0.2, 0) is 5.54 Å². The van der Waals surface area contributed by atoms with E-state index in [9.17, 15) is 5.11 Å². The predicted molar refractivity (Wildman–Crippen MR) is 151 cm³/mol. The Morgan fingerprint density at radius 3 is 1.86 bits per heavy atom. The molecule has 0 spiro atoms. The number of para-hydroxylation sites is 1. The molecular formula is C34H30N2O. The average Bonchev–Trinajstić information content (AvgIpc) is 2.97. The molecule has 2 heterocycles. The Bertz CT molecular complexity index is 1420. The Balaban J connectivity index is 1.50. The molecular weight excluding hydrogens is 452 g/mol. The summed E-state index contributed by atoms with van der Waals surface area (Å²) in [6.07, 6.45) is 4.21. The predicted octanol–water partition coefficient (Wildman–Crippen LogP) is 6.68. The zero-order valence-corrected chi connectivity index (χ0v) is 20.7. The fourth-order valence-corrected chi connectivity index (χ4v) is 5.76. The van der Waals surface area contributed by atoms with Gasteiger partial charge in [0.25, 0.3) is 0 Å². The molecule has 0 radical (unpaired) electrons. The van der Waals surface area contributed by atoms with Gasteiger partial charge in [0.1, 0.15) is 0 Å². The van der Waals surface area contributed by atoms with E-state index in [4.69, 9.17) is 0 Å². The summed E-state index contributed by atoms with van der Waals surface area (Å²) in [5, 5.41) is 12.2. The van der Waals surface area contributed by atoms with Gasteiger partial charge in [0, 0.05) is 24.7 Å². The molecule has 3 nitrogen and oxygen atoms in total. The molecule has 5 aromatic rings. The number of aliphatic hydroxyl groups is 1. The first-order chi connectivity index (χ1) is 18.2. The third kappa shape index (κ3) is 4.37. The molecule has 0 saturated carbocycles. The molecule has 6 rings (SSSR count). The fourth-order valence-electron chi connectivity index (χ4n) is 5.76. The highest BCUT2D eigenvalue weighted by Crippen LogP contribution is 2.44. The van der Waals surface area contributed by atoms with Gasteiger partial charge in [0.2, 0.25) is 0 Å². The minimum atomic E-state index is -0.495. The summed E-state index contributed by atoms with van der Waals surface area (Å²) in [7, 11) is 0. The molecule has 0 bridgehead atoms. The summed E-state index contributed by atoms with van der Waals surface area (Å²) in [6, 6.07) is 42.6. The second-order valence-corrected chi connectivity index (χ2v) is 9.72. The van der Waals surface area contributed by atoms with Crippen molar-refractivity contribution >= 4 is 17.0 Å². The quantitative estimate of drug-likeness (QED) is 0.284. The molecule has 182 valence electrons. The van der Waals surface area contributed by atoms with Gasteiger partial charge in [-0.05, 0) is 46.4 Å². The SMILES string of the molecule is OC1CCN(C(c2ccccc2)(c2ccccc2)c2ccccc2)CC1=Cc1cnc2ccccc2c1. The van der Waals surface area contributed by atoms with Crippen LogP contribution in [0.1, 0.15) is 28.7 Å². The highest BCUT2D eigenvalue weighted by molar-refractivity contribution is 5.80. The monoisotopic (exact) mass is 482 g/mol. The van der Waals surface area contributed by atoms with Crippen LogP contribution in [-0.4, -0.2) is 34.2 Å². The van der Waals surface area contributed by atoms with E-state index in [1.165, 1.54) is 16.7 Å². The van der Waals surface area contributed by atoms with Crippen LogP contribution in [0.4, 0.5) is 0 Å². The molecule has 3 heteroatoms. The number of likely N-dealkylation sites (tertiary alicyclic amines) is 1. The number of nitrogens with zero attached hydrogens (tertiary/aromatic N) is 2. The first kappa shape index (κ1) is 23.4. The third-order valence-corrected chi connectivity index (χ3v) is 7.49. The molecule has 0 amide bonds.